The maximum absolute atomic E-state index is 10.5. The van der Waals surface area contributed by atoms with Crippen LogP contribution in [0.4, 0.5) is 0 Å². The average Bonchev–Trinajstić information content (AvgIpc) is 2.59. The molecule has 0 aliphatic carbocycles. The van der Waals surface area contributed by atoms with Gasteiger partial charge in [0.1, 0.15) is 0 Å². The first-order valence-corrected chi connectivity index (χ1v) is 9.32. The number of aryl methyl sites for hydroxylation is 4. The molecule has 0 radical (unpaired) electrons. The summed E-state index contributed by atoms with van der Waals surface area (Å²) in [5.74, 6) is -1.73. The van der Waals surface area contributed by atoms with Crippen molar-refractivity contribution >= 4 is 11.9 Å². The predicted octanol–water partition coefficient (Wildman–Crippen LogP) is 4.14. The van der Waals surface area contributed by atoms with Crippen LogP contribution in [0.5, 0.6) is 0 Å². The van der Waals surface area contributed by atoms with Crippen LogP contribution in [0.3, 0.4) is 0 Å². The van der Waals surface area contributed by atoms with Crippen LogP contribution in [0.2, 0.25) is 0 Å². The highest BCUT2D eigenvalue weighted by molar-refractivity contribution is 5.88. The van der Waals surface area contributed by atoms with Crippen molar-refractivity contribution in [3.63, 3.8) is 0 Å². The van der Waals surface area contributed by atoms with Crippen molar-refractivity contribution in [3.05, 3.63) is 69.8 Å². The minimum atomic E-state index is -0.867. The fourth-order valence-electron chi connectivity index (χ4n) is 2.24. The Labute approximate surface area is 172 Å². The molecule has 0 aliphatic rings. The van der Waals surface area contributed by atoms with E-state index in [4.69, 9.17) is 20.4 Å². The number of aliphatic hydroxyl groups is 2. The number of rotatable bonds is 4. The van der Waals surface area contributed by atoms with Gasteiger partial charge in [-0.15, -0.1) is 0 Å². The van der Waals surface area contributed by atoms with E-state index in [1.807, 2.05) is 39.8 Å². The summed E-state index contributed by atoms with van der Waals surface area (Å²) in [7, 11) is 0. The monoisotopic (exact) mass is 404 g/mol. The molecule has 0 bridgehead atoms. The second-order valence-corrected chi connectivity index (χ2v) is 7.14. The van der Waals surface area contributed by atoms with Gasteiger partial charge in [0, 0.05) is 0 Å². The van der Waals surface area contributed by atoms with Crippen LogP contribution < -0.4 is 0 Å². The molecule has 6 nitrogen and oxygen atoms in total. The van der Waals surface area contributed by atoms with Crippen molar-refractivity contribution in [1.29, 1.82) is 0 Å². The third-order valence-corrected chi connectivity index (χ3v) is 4.19. The van der Waals surface area contributed by atoms with E-state index in [0.29, 0.717) is 17.5 Å². The van der Waals surface area contributed by atoms with E-state index in [0.717, 1.165) is 22.3 Å². The van der Waals surface area contributed by atoms with E-state index in [9.17, 15) is 9.59 Å². The highest BCUT2D eigenvalue weighted by atomic mass is 16.4. The molecule has 2 atom stereocenters. The Hall–Kier alpha value is -2.70. The molecule has 0 amide bonds. The van der Waals surface area contributed by atoms with Crippen LogP contribution in [0.25, 0.3) is 0 Å². The maximum Gasteiger partial charge on any atom is 0.335 e. The summed E-state index contributed by atoms with van der Waals surface area (Å²) >= 11 is 0. The second kappa shape index (κ2) is 12.7. The number of carbonyl (C=O) groups is 2. The zero-order chi connectivity index (χ0) is 22.7. The molecule has 0 aliphatic heterocycles. The average molecular weight is 405 g/mol. The molecule has 0 fully saturated rings. The molecule has 2 unspecified atom stereocenters. The van der Waals surface area contributed by atoms with E-state index >= 15 is 0 Å². The van der Waals surface area contributed by atoms with Crippen LogP contribution in [0, 0.1) is 27.7 Å². The Balaban J connectivity index is 0.000000419. The minimum Gasteiger partial charge on any atom is -0.478 e. The zero-order valence-corrected chi connectivity index (χ0v) is 17.9. The Morgan fingerprint density at radius 2 is 1.00 bits per heavy atom. The van der Waals surface area contributed by atoms with Gasteiger partial charge in [0.15, 0.2) is 0 Å². The minimum absolute atomic E-state index is 0.355. The molecule has 0 spiro atoms. The van der Waals surface area contributed by atoms with Gasteiger partial charge in [-0.05, 0) is 94.5 Å². The number of carboxylic acids is 2. The molecule has 2 aromatic carbocycles. The summed E-state index contributed by atoms with van der Waals surface area (Å²) in [6.45, 7) is 11.0. The lowest BCUT2D eigenvalue weighted by Crippen LogP contribution is -2.10. The van der Waals surface area contributed by atoms with Gasteiger partial charge in [0.25, 0.3) is 0 Å². The summed E-state index contributed by atoms with van der Waals surface area (Å²) in [5.41, 5.74) is 4.99. The standard InChI is InChI=1S/2C9H10O2.C5H12O2/c2*1-6-3-4-8(9(10)11)5-7(6)2;1-4(6)3-5(2)7/h2*3-5H,1-2H3,(H,10,11);4-7H,3H2,1-2H3. The fourth-order valence-corrected chi connectivity index (χ4v) is 2.24. The zero-order valence-electron chi connectivity index (χ0n) is 17.9. The van der Waals surface area contributed by atoms with Gasteiger partial charge in [-0.3, -0.25) is 0 Å². The van der Waals surface area contributed by atoms with Gasteiger partial charge in [0.05, 0.1) is 23.3 Å². The van der Waals surface area contributed by atoms with Gasteiger partial charge in [-0.25, -0.2) is 9.59 Å². The molecule has 0 saturated heterocycles. The third-order valence-electron chi connectivity index (χ3n) is 4.19. The molecule has 0 heterocycles. The molecule has 2 aromatic rings. The number of carboxylic acid groups (broad SMARTS) is 2. The van der Waals surface area contributed by atoms with Gasteiger partial charge >= 0.3 is 11.9 Å². The van der Waals surface area contributed by atoms with Crippen molar-refractivity contribution in [3.8, 4) is 0 Å². The fraction of sp³-hybridized carbons (Fsp3) is 0.391. The molecule has 0 saturated carbocycles. The number of benzene rings is 2. The first-order valence-electron chi connectivity index (χ1n) is 9.32. The normalized spacial score (nSPS) is 11.9. The number of aliphatic hydroxyl groups excluding tert-OH is 2. The number of aromatic carboxylic acids is 2. The first-order chi connectivity index (χ1) is 13.3. The van der Waals surface area contributed by atoms with Crippen molar-refractivity contribution < 1.29 is 30.0 Å². The largest absolute Gasteiger partial charge is 0.478 e. The molecule has 2 rings (SSSR count). The first kappa shape index (κ1) is 26.3. The lowest BCUT2D eigenvalue weighted by atomic mass is 10.1. The van der Waals surface area contributed by atoms with E-state index in [1.165, 1.54) is 0 Å². The highest BCUT2D eigenvalue weighted by Crippen LogP contribution is 2.10. The molecule has 29 heavy (non-hydrogen) atoms. The van der Waals surface area contributed by atoms with Crippen molar-refractivity contribution in [1.82, 2.24) is 0 Å². The van der Waals surface area contributed by atoms with Gasteiger partial charge < -0.3 is 20.4 Å². The van der Waals surface area contributed by atoms with Crippen LogP contribution in [0.1, 0.15) is 63.2 Å². The Morgan fingerprint density at radius 3 is 1.17 bits per heavy atom. The molecule has 0 aromatic heterocycles. The Bertz CT molecular complexity index is 742. The predicted molar refractivity (Wildman–Crippen MR) is 114 cm³/mol. The van der Waals surface area contributed by atoms with Crippen LogP contribution in [-0.2, 0) is 0 Å². The summed E-state index contributed by atoms with van der Waals surface area (Å²) in [4.78, 5) is 20.9. The summed E-state index contributed by atoms with van der Waals surface area (Å²) in [6.07, 6.45) is -0.278. The lowest BCUT2D eigenvalue weighted by molar-refractivity contribution is 0.0686. The third kappa shape index (κ3) is 11.0. The van der Waals surface area contributed by atoms with Crippen molar-refractivity contribution in [2.75, 3.05) is 0 Å². The lowest BCUT2D eigenvalue weighted by Gasteiger charge is -2.04. The molecular formula is C23H32O6. The van der Waals surface area contributed by atoms with Crippen LogP contribution in [-0.4, -0.2) is 44.6 Å². The van der Waals surface area contributed by atoms with Crippen molar-refractivity contribution in [2.45, 2.75) is 60.2 Å². The van der Waals surface area contributed by atoms with Gasteiger partial charge in [0.2, 0.25) is 0 Å². The SMILES string of the molecule is CC(O)CC(C)O.Cc1ccc(C(=O)O)cc1C.Cc1ccc(C(=O)O)cc1C. The van der Waals surface area contributed by atoms with Gasteiger partial charge in [-0.2, -0.15) is 0 Å². The summed E-state index contributed by atoms with van der Waals surface area (Å²) < 4.78 is 0. The molecule has 160 valence electrons. The topological polar surface area (TPSA) is 115 Å². The van der Waals surface area contributed by atoms with Crippen LogP contribution in [0.15, 0.2) is 36.4 Å². The summed E-state index contributed by atoms with van der Waals surface area (Å²) in [6, 6.07) is 10.2. The molecule has 4 N–H and O–H groups in total. The molecular weight excluding hydrogens is 372 g/mol. The van der Waals surface area contributed by atoms with Crippen LogP contribution >= 0.6 is 0 Å². The van der Waals surface area contributed by atoms with Gasteiger partial charge in [-0.1, -0.05) is 12.1 Å². The maximum atomic E-state index is 10.5. The smallest absolute Gasteiger partial charge is 0.335 e. The van der Waals surface area contributed by atoms with E-state index in [1.54, 1.807) is 38.1 Å². The molecule has 6 heteroatoms. The second-order valence-electron chi connectivity index (χ2n) is 7.14. The number of hydrogen-bond acceptors (Lipinski definition) is 4. The van der Waals surface area contributed by atoms with E-state index < -0.39 is 11.9 Å². The Morgan fingerprint density at radius 1 is 0.690 bits per heavy atom. The summed E-state index contributed by atoms with van der Waals surface area (Å²) in [5, 5.41) is 34.3. The van der Waals surface area contributed by atoms with E-state index in [-0.39, 0.29) is 12.2 Å². The number of hydrogen-bond donors (Lipinski definition) is 4. The van der Waals surface area contributed by atoms with E-state index in [2.05, 4.69) is 0 Å². The van der Waals surface area contributed by atoms with Crippen molar-refractivity contribution in [2.24, 2.45) is 0 Å². The quantitative estimate of drug-likeness (QED) is 0.609. The Kier molecular flexibility index (Phi) is 11.5. The highest BCUT2D eigenvalue weighted by Gasteiger charge is 2.03.